The van der Waals surface area contributed by atoms with E-state index in [9.17, 15) is 9.59 Å². The summed E-state index contributed by atoms with van der Waals surface area (Å²) in [6.45, 7) is 1.57. The second-order valence-corrected chi connectivity index (χ2v) is 6.83. The number of carbonyl (C=O) groups is 2. The number of esters is 1. The highest BCUT2D eigenvalue weighted by molar-refractivity contribution is 8.00. The van der Waals surface area contributed by atoms with E-state index < -0.39 is 12.1 Å². The summed E-state index contributed by atoms with van der Waals surface area (Å²) in [5.41, 5.74) is 0.676. The maximum absolute atomic E-state index is 12.3. The molecule has 0 saturated heterocycles. The number of hydrogen-bond donors (Lipinski definition) is 1. The quantitative estimate of drug-likeness (QED) is 0.516. The Balaban J connectivity index is 1.52. The Morgan fingerprint density at radius 2 is 1.65 bits per heavy atom. The molecule has 0 saturated carbocycles. The van der Waals surface area contributed by atoms with Crippen LogP contribution >= 0.6 is 11.8 Å². The predicted octanol–water partition coefficient (Wildman–Crippen LogP) is 4.50. The summed E-state index contributed by atoms with van der Waals surface area (Å²) in [5.74, 6) is -0.601. The van der Waals surface area contributed by atoms with Crippen LogP contribution in [-0.4, -0.2) is 23.7 Å². The van der Waals surface area contributed by atoms with Crippen molar-refractivity contribution in [3.05, 3.63) is 72.8 Å². The molecule has 1 atom stereocenters. The summed E-state index contributed by atoms with van der Waals surface area (Å²) >= 11 is 1.38. The number of fused-ring (bicyclic) bond motifs is 1. The van der Waals surface area contributed by atoms with Gasteiger partial charge in [-0.25, -0.2) is 0 Å². The van der Waals surface area contributed by atoms with E-state index in [1.807, 2.05) is 72.8 Å². The molecule has 0 aliphatic carbocycles. The van der Waals surface area contributed by atoms with Crippen LogP contribution in [0, 0.1) is 0 Å². The van der Waals surface area contributed by atoms with Crippen LogP contribution in [0.15, 0.2) is 77.7 Å². The lowest BCUT2D eigenvalue weighted by Gasteiger charge is -2.14. The minimum atomic E-state index is -0.856. The highest BCUT2D eigenvalue weighted by atomic mass is 32.2. The van der Waals surface area contributed by atoms with Crippen LogP contribution in [0.5, 0.6) is 0 Å². The predicted molar refractivity (Wildman–Crippen MR) is 105 cm³/mol. The lowest BCUT2D eigenvalue weighted by Crippen LogP contribution is -2.30. The van der Waals surface area contributed by atoms with Crippen LogP contribution in [-0.2, 0) is 14.3 Å². The first-order valence-corrected chi connectivity index (χ1v) is 9.27. The van der Waals surface area contributed by atoms with E-state index in [1.54, 1.807) is 6.92 Å². The van der Waals surface area contributed by atoms with Crippen LogP contribution in [0.25, 0.3) is 10.8 Å². The molecule has 4 nitrogen and oxygen atoms in total. The normalized spacial score (nSPS) is 11.7. The average Bonchev–Trinajstić information content (AvgIpc) is 2.67. The van der Waals surface area contributed by atoms with Gasteiger partial charge in [0.2, 0.25) is 0 Å². The molecule has 3 aromatic carbocycles. The molecule has 0 spiro atoms. The second-order valence-electron chi connectivity index (χ2n) is 5.78. The van der Waals surface area contributed by atoms with Crippen LogP contribution < -0.4 is 5.32 Å². The Morgan fingerprint density at radius 1 is 0.962 bits per heavy atom. The molecule has 0 aliphatic rings. The number of hydrogen-bond acceptors (Lipinski definition) is 4. The van der Waals surface area contributed by atoms with Crippen LogP contribution in [0.4, 0.5) is 5.69 Å². The zero-order valence-corrected chi connectivity index (χ0v) is 15.2. The third kappa shape index (κ3) is 4.86. The molecule has 0 bridgehead atoms. The minimum absolute atomic E-state index is 0.164. The van der Waals surface area contributed by atoms with Gasteiger partial charge in [-0.15, -0.1) is 11.8 Å². The number of thioether (sulfide) groups is 1. The highest BCUT2D eigenvalue weighted by Crippen LogP contribution is 2.20. The van der Waals surface area contributed by atoms with Gasteiger partial charge in [0, 0.05) is 10.6 Å². The molecule has 0 heterocycles. The third-order valence-electron chi connectivity index (χ3n) is 3.79. The standard InChI is InChI=1S/C21H19NO3S/c1-15(25-20(23)14-26-19-9-3-2-4-10-19)21(24)22-18-12-11-16-7-5-6-8-17(16)13-18/h2-13,15H,14H2,1H3,(H,22,24)/t15-/m1/s1. The lowest BCUT2D eigenvalue weighted by molar-refractivity contribution is -0.150. The van der Waals surface area contributed by atoms with E-state index in [4.69, 9.17) is 4.74 Å². The largest absolute Gasteiger partial charge is 0.452 e. The van der Waals surface area contributed by atoms with Crippen molar-refractivity contribution in [2.24, 2.45) is 0 Å². The van der Waals surface area contributed by atoms with Crippen LogP contribution in [0.1, 0.15) is 6.92 Å². The molecule has 0 aromatic heterocycles. The average molecular weight is 365 g/mol. The number of anilines is 1. The van der Waals surface area contributed by atoms with Gasteiger partial charge in [-0.3, -0.25) is 9.59 Å². The molecule has 132 valence electrons. The topological polar surface area (TPSA) is 55.4 Å². The van der Waals surface area contributed by atoms with Gasteiger partial charge in [0.25, 0.3) is 5.91 Å². The van der Waals surface area contributed by atoms with Gasteiger partial charge >= 0.3 is 5.97 Å². The van der Waals surface area contributed by atoms with Crippen molar-refractivity contribution >= 4 is 40.1 Å². The second kappa shape index (κ2) is 8.54. The zero-order chi connectivity index (χ0) is 18.4. The Labute approximate surface area is 156 Å². The molecule has 5 heteroatoms. The molecule has 3 rings (SSSR count). The molecule has 1 amide bonds. The first-order valence-electron chi connectivity index (χ1n) is 8.29. The first-order chi connectivity index (χ1) is 12.6. The Hall–Kier alpha value is -2.79. The van der Waals surface area contributed by atoms with Crippen molar-refractivity contribution in [2.45, 2.75) is 17.9 Å². The number of nitrogens with one attached hydrogen (secondary N) is 1. The number of ether oxygens (including phenoxy) is 1. The molecular formula is C21H19NO3S. The van der Waals surface area contributed by atoms with E-state index in [0.29, 0.717) is 5.69 Å². The SMILES string of the molecule is C[C@@H](OC(=O)CSc1ccccc1)C(=O)Nc1ccc2ccccc2c1. The monoisotopic (exact) mass is 365 g/mol. The smallest absolute Gasteiger partial charge is 0.317 e. The fraction of sp³-hybridized carbons (Fsp3) is 0.143. The Morgan fingerprint density at radius 3 is 2.42 bits per heavy atom. The van der Waals surface area contributed by atoms with Crippen LogP contribution in [0.3, 0.4) is 0 Å². The van der Waals surface area contributed by atoms with E-state index in [2.05, 4.69) is 5.32 Å². The van der Waals surface area contributed by atoms with Gasteiger partial charge in [-0.05, 0) is 42.0 Å². The number of rotatable bonds is 6. The molecule has 26 heavy (non-hydrogen) atoms. The zero-order valence-electron chi connectivity index (χ0n) is 14.3. The maximum Gasteiger partial charge on any atom is 0.317 e. The van der Waals surface area contributed by atoms with E-state index in [0.717, 1.165) is 15.7 Å². The highest BCUT2D eigenvalue weighted by Gasteiger charge is 2.18. The Bertz CT molecular complexity index is 911. The molecular weight excluding hydrogens is 346 g/mol. The Kier molecular flexibility index (Phi) is 5.92. The van der Waals surface area contributed by atoms with E-state index >= 15 is 0 Å². The summed E-state index contributed by atoms with van der Waals surface area (Å²) in [6, 6.07) is 23.2. The van der Waals surface area contributed by atoms with Crippen molar-refractivity contribution in [3.8, 4) is 0 Å². The lowest BCUT2D eigenvalue weighted by atomic mass is 10.1. The van der Waals surface area contributed by atoms with Crippen molar-refractivity contribution in [2.75, 3.05) is 11.1 Å². The molecule has 0 radical (unpaired) electrons. The van der Waals surface area contributed by atoms with Crippen molar-refractivity contribution in [3.63, 3.8) is 0 Å². The van der Waals surface area contributed by atoms with Crippen molar-refractivity contribution in [1.29, 1.82) is 0 Å². The maximum atomic E-state index is 12.3. The van der Waals surface area contributed by atoms with E-state index in [1.165, 1.54) is 11.8 Å². The molecule has 0 fully saturated rings. The summed E-state index contributed by atoms with van der Waals surface area (Å²) in [6.07, 6.45) is -0.856. The molecule has 0 aliphatic heterocycles. The summed E-state index contributed by atoms with van der Waals surface area (Å²) in [4.78, 5) is 25.2. The number of amides is 1. The number of benzene rings is 3. The summed E-state index contributed by atoms with van der Waals surface area (Å²) in [5, 5.41) is 4.93. The van der Waals surface area contributed by atoms with E-state index in [-0.39, 0.29) is 11.7 Å². The van der Waals surface area contributed by atoms with Gasteiger partial charge in [-0.2, -0.15) is 0 Å². The fourth-order valence-electron chi connectivity index (χ4n) is 2.45. The van der Waals surface area contributed by atoms with Crippen molar-refractivity contribution < 1.29 is 14.3 Å². The van der Waals surface area contributed by atoms with Crippen LogP contribution in [0.2, 0.25) is 0 Å². The summed E-state index contributed by atoms with van der Waals surface area (Å²) < 4.78 is 5.22. The van der Waals surface area contributed by atoms with Gasteiger partial charge in [0.1, 0.15) is 0 Å². The third-order valence-corrected chi connectivity index (χ3v) is 4.78. The minimum Gasteiger partial charge on any atom is -0.452 e. The fourth-order valence-corrected chi connectivity index (χ4v) is 3.16. The number of carbonyl (C=O) groups excluding carboxylic acids is 2. The summed E-state index contributed by atoms with van der Waals surface area (Å²) in [7, 11) is 0. The molecule has 3 aromatic rings. The van der Waals surface area contributed by atoms with Gasteiger partial charge in [0.15, 0.2) is 6.10 Å². The first kappa shape index (κ1) is 18.0. The van der Waals surface area contributed by atoms with Gasteiger partial charge in [0.05, 0.1) is 5.75 Å². The van der Waals surface area contributed by atoms with Crippen molar-refractivity contribution in [1.82, 2.24) is 0 Å². The van der Waals surface area contributed by atoms with Gasteiger partial charge < -0.3 is 10.1 Å². The van der Waals surface area contributed by atoms with Gasteiger partial charge in [-0.1, -0.05) is 48.5 Å². The molecule has 0 unspecified atom stereocenters. The molecule has 1 N–H and O–H groups in total.